The summed E-state index contributed by atoms with van der Waals surface area (Å²) in [5.41, 5.74) is 5.61. The Bertz CT molecular complexity index is 1350. The summed E-state index contributed by atoms with van der Waals surface area (Å²) in [4.78, 5) is 0. The van der Waals surface area contributed by atoms with Crippen LogP contribution < -0.4 is 15.4 Å². The molecule has 2 aromatic carbocycles. The summed E-state index contributed by atoms with van der Waals surface area (Å²) in [6.45, 7) is 6.21. The highest BCUT2D eigenvalue weighted by molar-refractivity contribution is 5.95. The molecule has 4 N–H and O–H groups in total. The molecule has 0 spiro atoms. The second-order valence-corrected chi connectivity index (χ2v) is 9.17. The average molecular weight is 548 g/mol. The third kappa shape index (κ3) is 7.94. The second-order valence-electron chi connectivity index (χ2n) is 9.17. The lowest BCUT2D eigenvalue weighted by Gasteiger charge is -2.13. The molecule has 0 saturated carbocycles. The van der Waals surface area contributed by atoms with E-state index in [0.717, 1.165) is 52.0 Å². The molecule has 0 radical (unpaired) electrons. The van der Waals surface area contributed by atoms with Crippen LogP contribution in [-0.2, 0) is 17.9 Å². The number of aliphatic hydroxyl groups excluding tert-OH is 1. The van der Waals surface area contributed by atoms with Crippen molar-refractivity contribution in [3.8, 4) is 16.9 Å². The van der Waals surface area contributed by atoms with Gasteiger partial charge < -0.3 is 29.7 Å². The number of aromatic amines is 1. The smallest absolute Gasteiger partial charge is 0.406 e. The number of hydrogen-bond acceptors (Lipinski definition) is 8. The van der Waals surface area contributed by atoms with Crippen LogP contribution in [0.1, 0.15) is 35.4 Å². The summed E-state index contributed by atoms with van der Waals surface area (Å²) in [6.07, 6.45) is -1.32. The quantitative estimate of drug-likeness (QED) is 0.159. The van der Waals surface area contributed by atoms with Crippen LogP contribution in [-0.4, -0.2) is 53.1 Å². The van der Waals surface area contributed by atoms with Crippen molar-refractivity contribution in [1.29, 1.82) is 0 Å². The van der Waals surface area contributed by atoms with Crippen molar-refractivity contribution in [2.75, 3.05) is 31.6 Å². The largest absolute Gasteiger partial charge is 0.573 e. The van der Waals surface area contributed by atoms with Gasteiger partial charge in [-0.2, -0.15) is 5.10 Å². The summed E-state index contributed by atoms with van der Waals surface area (Å²) in [5.74, 6) is 0.422. The highest BCUT2D eigenvalue weighted by Crippen LogP contribution is 2.33. The number of aryl methyl sites for hydroxylation is 2. The van der Waals surface area contributed by atoms with Gasteiger partial charge in [-0.1, -0.05) is 11.2 Å². The van der Waals surface area contributed by atoms with Crippen molar-refractivity contribution in [2.24, 2.45) is 0 Å². The molecular weight excluding hydrogens is 515 g/mol. The molecule has 0 saturated heterocycles. The lowest BCUT2D eigenvalue weighted by atomic mass is 10.0. The van der Waals surface area contributed by atoms with Gasteiger partial charge in [-0.25, -0.2) is 0 Å². The first-order chi connectivity index (χ1) is 18.7. The minimum absolute atomic E-state index is 0.336. The maximum atomic E-state index is 12.5. The van der Waals surface area contributed by atoms with Gasteiger partial charge in [0.05, 0.1) is 30.6 Å². The van der Waals surface area contributed by atoms with Crippen LogP contribution in [0, 0.1) is 13.8 Å². The van der Waals surface area contributed by atoms with Gasteiger partial charge in [-0.3, -0.25) is 5.10 Å². The van der Waals surface area contributed by atoms with Crippen LogP contribution in [0.2, 0.25) is 0 Å². The summed E-state index contributed by atoms with van der Waals surface area (Å²) < 4.78 is 52.6. The van der Waals surface area contributed by atoms with Crippen molar-refractivity contribution < 1.29 is 32.3 Å². The fourth-order valence-corrected chi connectivity index (χ4v) is 4.40. The average Bonchev–Trinajstić information content (AvgIpc) is 3.49. The standard InChI is InChI=1S/C27H32F3N5O4/c1-17-26(18(2)39-35-17)21-12-24(23-15-33-34-25(23)13-21)32-6-8-37-7-4-3-5-31-14-19-9-20(16-36)11-22(10-19)38-27(28,29)30/h9-13,15,31-32,36H,3-8,14,16H2,1-2H3,(H,33,34). The summed E-state index contributed by atoms with van der Waals surface area (Å²) >= 11 is 0. The number of rotatable bonds is 14. The molecule has 0 unspecified atom stereocenters. The first-order valence-electron chi connectivity index (χ1n) is 12.7. The van der Waals surface area contributed by atoms with Crippen LogP contribution in [0.3, 0.4) is 0 Å². The van der Waals surface area contributed by atoms with E-state index in [0.29, 0.717) is 44.0 Å². The molecule has 0 atom stereocenters. The Balaban J connectivity index is 1.16. The zero-order valence-corrected chi connectivity index (χ0v) is 21.8. The molecule has 4 rings (SSSR count). The van der Waals surface area contributed by atoms with E-state index < -0.39 is 6.36 Å². The minimum Gasteiger partial charge on any atom is -0.406 e. The van der Waals surface area contributed by atoms with Gasteiger partial charge in [-0.05, 0) is 74.2 Å². The Morgan fingerprint density at radius 1 is 1.03 bits per heavy atom. The van der Waals surface area contributed by atoms with Crippen molar-refractivity contribution in [2.45, 2.75) is 46.2 Å². The zero-order valence-electron chi connectivity index (χ0n) is 21.8. The first kappa shape index (κ1) is 28.4. The molecule has 9 nitrogen and oxygen atoms in total. The van der Waals surface area contributed by atoms with Gasteiger partial charge in [0, 0.05) is 36.3 Å². The lowest BCUT2D eigenvalue weighted by Crippen LogP contribution is -2.18. The highest BCUT2D eigenvalue weighted by atomic mass is 19.4. The molecular formula is C27H32F3N5O4. The molecule has 0 fully saturated rings. The van der Waals surface area contributed by atoms with Gasteiger partial charge >= 0.3 is 6.36 Å². The number of nitrogens with one attached hydrogen (secondary N) is 3. The van der Waals surface area contributed by atoms with Crippen LogP contribution in [0.4, 0.5) is 18.9 Å². The first-order valence-corrected chi connectivity index (χ1v) is 12.7. The molecule has 4 aromatic rings. The van der Waals surface area contributed by atoms with E-state index in [1.54, 1.807) is 12.3 Å². The predicted molar refractivity (Wildman–Crippen MR) is 140 cm³/mol. The topological polar surface area (TPSA) is 117 Å². The Hall–Kier alpha value is -3.61. The van der Waals surface area contributed by atoms with Crippen LogP contribution in [0.25, 0.3) is 22.0 Å². The summed E-state index contributed by atoms with van der Waals surface area (Å²) in [5, 5.41) is 28.2. The van der Waals surface area contributed by atoms with E-state index in [9.17, 15) is 18.3 Å². The lowest BCUT2D eigenvalue weighted by molar-refractivity contribution is -0.274. The van der Waals surface area contributed by atoms with Crippen LogP contribution in [0.5, 0.6) is 5.75 Å². The van der Waals surface area contributed by atoms with Gasteiger partial charge in [0.2, 0.25) is 0 Å². The molecule has 0 bridgehead atoms. The molecule has 2 aromatic heterocycles. The number of halogens is 3. The second kappa shape index (κ2) is 13.0. The molecule has 0 aliphatic rings. The maximum absolute atomic E-state index is 12.5. The molecule has 39 heavy (non-hydrogen) atoms. The number of alkyl halides is 3. The normalized spacial score (nSPS) is 11.8. The predicted octanol–water partition coefficient (Wildman–Crippen LogP) is 5.22. The number of aliphatic hydroxyl groups is 1. The SMILES string of the molecule is Cc1noc(C)c1-c1cc(NCCOCCCCNCc2cc(CO)cc(OC(F)(F)F)c2)c2cn[nH]c2c1. The maximum Gasteiger partial charge on any atom is 0.573 e. The highest BCUT2D eigenvalue weighted by Gasteiger charge is 2.31. The molecule has 0 amide bonds. The molecule has 210 valence electrons. The van der Waals surface area contributed by atoms with Crippen LogP contribution >= 0.6 is 0 Å². The molecule has 2 heterocycles. The van der Waals surface area contributed by atoms with E-state index in [4.69, 9.17) is 9.26 Å². The molecule has 0 aliphatic heterocycles. The number of unbranched alkanes of at least 4 members (excludes halogenated alkanes) is 1. The Kier molecular flexibility index (Phi) is 9.44. The van der Waals surface area contributed by atoms with Gasteiger partial charge in [0.25, 0.3) is 0 Å². The third-order valence-corrected chi connectivity index (χ3v) is 6.11. The summed E-state index contributed by atoms with van der Waals surface area (Å²) in [7, 11) is 0. The van der Waals surface area contributed by atoms with E-state index in [1.807, 2.05) is 19.9 Å². The Labute approximate surface area is 223 Å². The Morgan fingerprint density at radius 2 is 1.85 bits per heavy atom. The van der Waals surface area contributed by atoms with Gasteiger partial charge in [0.1, 0.15) is 11.5 Å². The number of hydrogen-bond donors (Lipinski definition) is 4. The molecule has 12 heteroatoms. The van der Waals surface area contributed by atoms with Crippen molar-refractivity contribution in [3.63, 3.8) is 0 Å². The third-order valence-electron chi connectivity index (χ3n) is 6.11. The fourth-order valence-electron chi connectivity index (χ4n) is 4.40. The van der Waals surface area contributed by atoms with E-state index >= 15 is 0 Å². The number of fused-ring (bicyclic) bond motifs is 1. The van der Waals surface area contributed by atoms with E-state index in [-0.39, 0.29) is 12.4 Å². The van der Waals surface area contributed by atoms with Crippen molar-refractivity contribution in [3.05, 3.63) is 59.1 Å². The zero-order chi connectivity index (χ0) is 27.8. The minimum atomic E-state index is -4.78. The molecule has 0 aliphatic carbocycles. The van der Waals surface area contributed by atoms with E-state index in [2.05, 4.69) is 36.8 Å². The number of ether oxygens (including phenoxy) is 2. The number of anilines is 1. The summed E-state index contributed by atoms with van der Waals surface area (Å²) in [6, 6.07) is 8.23. The van der Waals surface area contributed by atoms with Crippen LogP contribution in [0.15, 0.2) is 41.1 Å². The monoisotopic (exact) mass is 547 g/mol. The van der Waals surface area contributed by atoms with E-state index in [1.165, 1.54) is 12.1 Å². The Morgan fingerprint density at radius 3 is 2.59 bits per heavy atom. The van der Waals surface area contributed by atoms with Gasteiger partial charge in [-0.15, -0.1) is 13.2 Å². The van der Waals surface area contributed by atoms with Crippen molar-refractivity contribution in [1.82, 2.24) is 20.7 Å². The number of aromatic nitrogens is 3. The number of nitrogens with zero attached hydrogens (tertiary/aromatic N) is 2. The van der Waals surface area contributed by atoms with Crippen molar-refractivity contribution >= 4 is 16.6 Å². The van der Waals surface area contributed by atoms with Gasteiger partial charge in [0.15, 0.2) is 0 Å². The number of benzene rings is 2. The number of H-pyrrole nitrogens is 1. The fraction of sp³-hybridized carbons (Fsp3) is 0.407.